The molecular weight excluding hydrogens is 544 g/mol. The number of hydrogen-bond donors (Lipinski definition) is 1. The van der Waals surface area contributed by atoms with Gasteiger partial charge in [-0.15, -0.1) is 0 Å². The molecule has 10 heteroatoms. The molecule has 38 heavy (non-hydrogen) atoms. The summed E-state index contributed by atoms with van der Waals surface area (Å²) in [6.45, 7) is 0.384. The molecule has 192 valence electrons. The molecule has 0 spiro atoms. The fraction of sp³-hybridized carbons (Fsp3) is 0.179. The molecule has 6 rings (SSSR count). The van der Waals surface area contributed by atoms with Crippen molar-refractivity contribution in [3.8, 4) is 11.5 Å². The van der Waals surface area contributed by atoms with E-state index < -0.39 is 17.1 Å². The maximum absolute atomic E-state index is 13.8. The Morgan fingerprint density at radius 2 is 1.58 bits per heavy atom. The van der Waals surface area contributed by atoms with Crippen LogP contribution in [-0.2, 0) is 16.2 Å². The third-order valence-electron chi connectivity index (χ3n) is 6.71. The number of anilines is 1. The number of benzene rings is 3. The third-order valence-corrected chi connectivity index (χ3v) is 9.37. The Morgan fingerprint density at radius 3 is 2.26 bits per heavy atom. The summed E-state index contributed by atoms with van der Waals surface area (Å²) in [5.74, 6) is -0.352. The summed E-state index contributed by atoms with van der Waals surface area (Å²) < 4.78 is 11.1. The molecule has 3 aromatic carbocycles. The van der Waals surface area contributed by atoms with Crippen LogP contribution in [0.25, 0.3) is 0 Å². The van der Waals surface area contributed by atoms with Gasteiger partial charge in [0.1, 0.15) is 23.4 Å². The number of ether oxygens (including phenoxy) is 2. The first kappa shape index (κ1) is 24.8. The second-order valence-corrected chi connectivity index (χ2v) is 11.5. The maximum Gasteiger partial charge on any atom is 0.305 e. The van der Waals surface area contributed by atoms with Crippen LogP contribution in [0.5, 0.6) is 11.5 Å². The van der Waals surface area contributed by atoms with E-state index in [1.54, 1.807) is 31.4 Å². The largest absolute Gasteiger partial charge is 0.497 e. The van der Waals surface area contributed by atoms with Crippen LogP contribution in [-0.4, -0.2) is 29.2 Å². The van der Waals surface area contributed by atoms with Crippen LogP contribution < -0.4 is 19.2 Å². The van der Waals surface area contributed by atoms with E-state index in [1.807, 2.05) is 48.5 Å². The van der Waals surface area contributed by atoms with Gasteiger partial charge in [-0.25, -0.2) is 4.90 Å². The fourth-order valence-corrected chi connectivity index (χ4v) is 7.52. The number of thioether (sulfide) groups is 1. The zero-order valence-corrected chi connectivity index (χ0v) is 22.4. The number of H-pyrrole nitrogens is 1. The number of rotatable bonds is 6. The fourth-order valence-electron chi connectivity index (χ4n) is 4.88. The molecule has 2 aliphatic rings. The van der Waals surface area contributed by atoms with Gasteiger partial charge in [-0.05, 0) is 59.7 Å². The van der Waals surface area contributed by atoms with E-state index in [4.69, 9.17) is 21.1 Å². The van der Waals surface area contributed by atoms with E-state index in [0.717, 1.165) is 27.3 Å². The van der Waals surface area contributed by atoms with E-state index >= 15 is 0 Å². The van der Waals surface area contributed by atoms with E-state index in [2.05, 4.69) is 4.98 Å². The Bertz CT molecular complexity index is 1560. The highest BCUT2D eigenvalue weighted by atomic mass is 35.5. The first-order valence-electron chi connectivity index (χ1n) is 11.8. The lowest BCUT2D eigenvalue weighted by Gasteiger charge is -2.29. The summed E-state index contributed by atoms with van der Waals surface area (Å²) in [5, 5.41) is 0.666. The normalized spacial score (nSPS) is 20.3. The minimum Gasteiger partial charge on any atom is -0.497 e. The lowest BCUT2D eigenvalue weighted by molar-refractivity contribution is -0.122. The molecule has 7 nitrogen and oxygen atoms in total. The quantitative estimate of drug-likeness (QED) is 0.312. The van der Waals surface area contributed by atoms with Gasteiger partial charge in [-0.2, -0.15) is 0 Å². The van der Waals surface area contributed by atoms with Crippen LogP contribution >= 0.6 is 34.7 Å². The Kier molecular flexibility index (Phi) is 6.51. The molecule has 2 aliphatic heterocycles. The molecule has 1 aromatic heterocycles. The van der Waals surface area contributed by atoms with Crippen LogP contribution in [0.4, 0.5) is 5.69 Å². The van der Waals surface area contributed by atoms with Gasteiger partial charge in [0.25, 0.3) is 0 Å². The number of methoxy groups -OCH3 is 1. The molecule has 4 aromatic rings. The van der Waals surface area contributed by atoms with Crippen LogP contribution in [0, 0.1) is 5.92 Å². The second-order valence-electron chi connectivity index (χ2n) is 8.94. The molecule has 0 saturated carbocycles. The van der Waals surface area contributed by atoms with Gasteiger partial charge < -0.3 is 14.5 Å². The minimum absolute atomic E-state index is 0.206. The number of thiazole rings is 1. The van der Waals surface area contributed by atoms with Crippen molar-refractivity contribution in [2.45, 2.75) is 22.8 Å². The molecule has 0 radical (unpaired) electrons. The predicted octanol–water partition coefficient (Wildman–Crippen LogP) is 5.47. The van der Waals surface area contributed by atoms with Gasteiger partial charge in [0.05, 0.1) is 23.7 Å². The predicted molar refractivity (Wildman–Crippen MR) is 148 cm³/mol. The van der Waals surface area contributed by atoms with Gasteiger partial charge in [-0.1, -0.05) is 59.0 Å². The molecule has 1 saturated heterocycles. The zero-order valence-electron chi connectivity index (χ0n) is 20.1. The summed E-state index contributed by atoms with van der Waals surface area (Å²) in [5.41, 5.74) is 2.33. The van der Waals surface area contributed by atoms with Crippen LogP contribution in [0.2, 0.25) is 5.02 Å². The minimum atomic E-state index is -0.645. The molecule has 0 bridgehead atoms. The zero-order chi connectivity index (χ0) is 26.4. The average Bonchev–Trinajstić information content (AvgIpc) is 3.43. The van der Waals surface area contributed by atoms with E-state index in [-0.39, 0.29) is 16.7 Å². The molecule has 3 heterocycles. The molecule has 1 N–H and O–H groups in total. The van der Waals surface area contributed by atoms with Crippen molar-refractivity contribution in [1.29, 1.82) is 0 Å². The number of halogens is 1. The number of carbonyl (C=O) groups is 2. The highest BCUT2D eigenvalue weighted by molar-refractivity contribution is 8.00. The van der Waals surface area contributed by atoms with Gasteiger partial charge in [0, 0.05) is 15.8 Å². The number of aromatic amines is 1. The highest BCUT2D eigenvalue weighted by Gasteiger charge is 2.56. The summed E-state index contributed by atoms with van der Waals surface area (Å²) >= 11 is 8.30. The first-order valence-corrected chi connectivity index (χ1v) is 13.9. The van der Waals surface area contributed by atoms with Gasteiger partial charge in [0.15, 0.2) is 0 Å². The number of carbonyl (C=O) groups excluding carboxylic acids is 2. The molecule has 0 aliphatic carbocycles. The van der Waals surface area contributed by atoms with Crippen molar-refractivity contribution in [2.75, 3.05) is 12.0 Å². The number of nitrogens with zero attached hydrogens (tertiary/aromatic N) is 1. The van der Waals surface area contributed by atoms with Crippen LogP contribution in [0.1, 0.15) is 21.9 Å². The van der Waals surface area contributed by atoms with Crippen molar-refractivity contribution in [3.05, 3.63) is 103 Å². The lowest BCUT2D eigenvalue weighted by Crippen LogP contribution is -2.32. The number of aromatic nitrogens is 1. The van der Waals surface area contributed by atoms with Crippen molar-refractivity contribution in [2.24, 2.45) is 5.92 Å². The van der Waals surface area contributed by atoms with Crippen LogP contribution in [0.15, 0.2) is 82.6 Å². The van der Waals surface area contributed by atoms with Crippen molar-refractivity contribution in [1.82, 2.24) is 4.98 Å². The number of nitrogens with one attached hydrogen (secondary N) is 1. The second kappa shape index (κ2) is 9.98. The van der Waals surface area contributed by atoms with Gasteiger partial charge >= 0.3 is 4.87 Å². The third kappa shape index (κ3) is 4.40. The van der Waals surface area contributed by atoms with E-state index in [1.165, 1.54) is 16.7 Å². The summed E-state index contributed by atoms with van der Waals surface area (Å²) in [6, 6.07) is 21.8. The van der Waals surface area contributed by atoms with Crippen LogP contribution in [0.3, 0.4) is 0 Å². The summed E-state index contributed by atoms with van der Waals surface area (Å²) in [4.78, 5) is 44.3. The summed E-state index contributed by atoms with van der Waals surface area (Å²) in [6.07, 6.45) is 0. The number of imide groups is 1. The number of hydrogen-bond acceptors (Lipinski definition) is 7. The van der Waals surface area contributed by atoms with Crippen molar-refractivity contribution < 1.29 is 19.1 Å². The van der Waals surface area contributed by atoms with E-state index in [9.17, 15) is 14.4 Å². The smallest absolute Gasteiger partial charge is 0.305 e. The molecule has 3 unspecified atom stereocenters. The maximum atomic E-state index is 13.8. The Labute approximate surface area is 231 Å². The summed E-state index contributed by atoms with van der Waals surface area (Å²) in [7, 11) is 1.56. The molecular formula is C28H21ClN2O5S2. The number of fused-ring (bicyclic) bond motifs is 2. The Morgan fingerprint density at radius 1 is 0.895 bits per heavy atom. The Hall–Kier alpha value is -3.53. The SMILES string of the molecule is COc1ccc(N2C(=O)C3Sc4[nH]c(=O)sc4C(c4ccc(OCc5ccc(Cl)cc5)cc4)C3C2=O)cc1. The highest BCUT2D eigenvalue weighted by Crippen LogP contribution is 2.53. The first-order chi connectivity index (χ1) is 18.4. The monoisotopic (exact) mass is 564 g/mol. The topological polar surface area (TPSA) is 88.7 Å². The van der Waals surface area contributed by atoms with Crippen molar-refractivity contribution in [3.63, 3.8) is 0 Å². The number of amides is 2. The molecule has 1 fully saturated rings. The average molecular weight is 565 g/mol. The standard InChI is InChI=1S/C28H21ClN2O5S2/c1-35-19-12-8-18(9-13-19)31-26(32)22-21(23-25(30-28(34)38-23)37-24(22)27(31)33)16-4-10-20(11-5-16)36-14-15-2-6-17(29)7-3-15/h2-13,21-22,24H,14H2,1H3,(H,30,34). The Balaban J connectivity index is 1.31. The lowest BCUT2D eigenvalue weighted by atomic mass is 9.83. The van der Waals surface area contributed by atoms with Gasteiger partial charge in [-0.3, -0.25) is 14.4 Å². The van der Waals surface area contributed by atoms with E-state index in [0.29, 0.717) is 33.8 Å². The van der Waals surface area contributed by atoms with Gasteiger partial charge in [0.2, 0.25) is 11.8 Å². The molecule has 3 atom stereocenters. The molecule has 2 amide bonds. The van der Waals surface area contributed by atoms with Crippen molar-refractivity contribution >= 4 is 52.2 Å².